The van der Waals surface area contributed by atoms with Crippen molar-refractivity contribution in [2.75, 3.05) is 7.11 Å². The van der Waals surface area contributed by atoms with Crippen LogP contribution in [0.4, 0.5) is 0 Å². The van der Waals surface area contributed by atoms with E-state index in [4.69, 9.17) is 14.6 Å². The molecule has 0 bridgehead atoms. The Balaban J connectivity index is 1.79. The van der Waals surface area contributed by atoms with Crippen LogP contribution in [-0.2, 0) is 6.61 Å². The second-order valence-corrected chi connectivity index (χ2v) is 6.34. The molecule has 2 aromatic carbocycles. The summed E-state index contributed by atoms with van der Waals surface area (Å²) in [6.45, 7) is 2.48. The molecule has 0 saturated carbocycles. The molecule has 0 fully saturated rings. The third kappa shape index (κ3) is 3.97. The van der Waals surface area contributed by atoms with Crippen molar-refractivity contribution in [1.29, 1.82) is 0 Å². The lowest BCUT2D eigenvalue weighted by molar-refractivity contribution is 0.0691. The van der Waals surface area contributed by atoms with Crippen LogP contribution in [-0.4, -0.2) is 23.2 Å². The van der Waals surface area contributed by atoms with Crippen molar-refractivity contribution >= 4 is 17.3 Å². The fourth-order valence-corrected chi connectivity index (χ4v) is 3.06. The highest BCUT2D eigenvalue weighted by Crippen LogP contribution is 2.34. The predicted octanol–water partition coefficient (Wildman–Crippen LogP) is 4.40. The van der Waals surface area contributed by atoms with Gasteiger partial charge < -0.3 is 14.6 Å². The van der Waals surface area contributed by atoms with Gasteiger partial charge in [0, 0.05) is 10.9 Å². The van der Waals surface area contributed by atoms with E-state index < -0.39 is 5.97 Å². The summed E-state index contributed by atoms with van der Waals surface area (Å²) in [5.74, 6) is 0.172. The fourth-order valence-electron chi connectivity index (χ4n) is 2.27. The third-order valence-electron chi connectivity index (χ3n) is 3.65. The lowest BCUT2D eigenvalue weighted by Gasteiger charge is -2.12. The summed E-state index contributed by atoms with van der Waals surface area (Å²) in [6.07, 6.45) is 0. The predicted molar refractivity (Wildman–Crippen MR) is 96.6 cm³/mol. The molecule has 0 aliphatic carbocycles. The monoisotopic (exact) mass is 355 g/mol. The molecule has 0 saturated heterocycles. The van der Waals surface area contributed by atoms with E-state index in [1.807, 2.05) is 43.3 Å². The summed E-state index contributed by atoms with van der Waals surface area (Å²) in [5, 5.41) is 11.1. The highest BCUT2D eigenvalue weighted by Gasteiger charge is 2.13. The molecule has 0 radical (unpaired) electrons. The number of aryl methyl sites for hydroxylation is 1. The first-order valence-electron chi connectivity index (χ1n) is 7.62. The van der Waals surface area contributed by atoms with E-state index in [0.717, 1.165) is 11.1 Å². The molecule has 0 aliphatic heterocycles. The zero-order valence-corrected chi connectivity index (χ0v) is 14.7. The Morgan fingerprint density at radius 3 is 2.56 bits per heavy atom. The first-order chi connectivity index (χ1) is 12.1. The Morgan fingerprint density at radius 2 is 1.92 bits per heavy atom. The number of ether oxygens (including phenoxy) is 2. The molecular weight excluding hydrogens is 338 g/mol. The van der Waals surface area contributed by atoms with Gasteiger partial charge in [-0.05, 0) is 30.7 Å². The number of carboxylic acids is 1. The Kier molecular flexibility index (Phi) is 5.00. The van der Waals surface area contributed by atoms with Crippen molar-refractivity contribution in [2.24, 2.45) is 0 Å². The van der Waals surface area contributed by atoms with Gasteiger partial charge in [0.15, 0.2) is 17.2 Å². The van der Waals surface area contributed by atoms with Gasteiger partial charge in [-0.15, -0.1) is 11.3 Å². The number of aromatic carboxylic acids is 1. The largest absolute Gasteiger partial charge is 0.493 e. The number of carbonyl (C=O) groups is 1. The standard InChI is InChI=1S/C19H17NO4S/c1-12-3-5-13(6-4-12)10-24-16-8-7-14(9-17(16)23-2)18-20-15(11-25-18)19(21)22/h3-9,11H,10H2,1-2H3,(H,21,22). The lowest BCUT2D eigenvalue weighted by Crippen LogP contribution is -1.98. The number of benzene rings is 2. The molecule has 0 amide bonds. The van der Waals surface area contributed by atoms with Crippen LogP contribution in [0.2, 0.25) is 0 Å². The van der Waals surface area contributed by atoms with Gasteiger partial charge in [-0.2, -0.15) is 0 Å². The molecule has 3 aromatic rings. The van der Waals surface area contributed by atoms with E-state index in [2.05, 4.69) is 4.98 Å². The van der Waals surface area contributed by atoms with Gasteiger partial charge in [-0.25, -0.2) is 9.78 Å². The maximum atomic E-state index is 11.0. The number of hydrogen-bond acceptors (Lipinski definition) is 5. The van der Waals surface area contributed by atoms with Crippen LogP contribution < -0.4 is 9.47 Å². The first kappa shape index (κ1) is 17.0. The first-order valence-corrected chi connectivity index (χ1v) is 8.50. The highest BCUT2D eigenvalue weighted by molar-refractivity contribution is 7.13. The number of aromatic nitrogens is 1. The smallest absolute Gasteiger partial charge is 0.355 e. The van der Waals surface area contributed by atoms with Crippen LogP contribution in [0.1, 0.15) is 21.6 Å². The van der Waals surface area contributed by atoms with Gasteiger partial charge in [0.2, 0.25) is 0 Å². The van der Waals surface area contributed by atoms with Gasteiger partial charge in [0.05, 0.1) is 7.11 Å². The van der Waals surface area contributed by atoms with Crippen LogP contribution >= 0.6 is 11.3 Å². The van der Waals surface area contributed by atoms with Crippen LogP contribution in [0.5, 0.6) is 11.5 Å². The number of hydrogen-bond donors (Lipinski definition) is 1. The molecule has 25 heavy (non-hydrogen) atoms. The average molecular weight is 355 g/mol. The molecule has 0 atom stereocenters. The minimum atomic E-state index is -1.03. The topological polar surface area (TPSA) is 68.7 Å². The van der Waals surface area contributed by atoms with Gasteiger partial charge in [-0.3, -0.25) is 0 Å². The second kappa shape index (κ2) is 7.36. The third-order valence-corrected chi connectivity index (χ3v) is 4.54. The summed E-state index contributed by atoms with van der Waals surface area (Å²) in [4.78, 5) is 15.1. The minimum absolute atomic E-state index is 0.0404. The van der Waals surface area contributed by atoms with Gasteiger partial charge >= 0.3 is 5.97 Å². The van der Waals surface area contributed by atoms with Crippen LogP contribution in [0, 0.1) is 6.92 Å². The van der Waals surface area contributed by atoms with Crippen molar-refractivity contribution in [3.05, 3.63) is 64.7 Å². The molecule has 0 unspecified atom stereocenters. The number of rotatable bonds is 6. The molecule has 128 valence electrons. The molecule has 3 rings (SSSR count). The van der Waals surface area contributed by atoms with Gasteiger partial charge in [0.1, 0.15) is 11.6 Å². The van der Waals surface area contributed by atoms with E-state index >= 15 is 0 Å². The quantitative estimate of drug-likeness (QED) is 0.709. The number of carboxylic acid groups (broad SMARTS) is 1. The Labute approximate surface area is 149 Å². The number of thiazole rings is 1. The molecule has 5 nitrogen and oxygen atoms in total. The van der Waals surface area contributed by atoms with E-state index in [0.29, 0.717) is 23.1 Å². The molecule has 0 aliphatic rings. The Morgan fingerprint density at radius 1 is 1.16 bits per heavy atom. The van der Waals surface area contributed by atoms with Gasteiger partial charge in [0.25, 0.3) is 0 Å². The molecule has 1 heterocycles. The van der Waals surface area contributed by atoms with Crippen molar-refractivity contribution in [3.63, 3.8) is 0 Å². The minimum Gasteiger partial charge on any atom is -0.493 e. The van der Waals surface area contributed by atoms with E-state index in [1.165, 1.54) is 22.3 Å². The molecule has 0 spiro atoms. The van der Waals surface area contributed by atoms with Crippen molar-refractivity contribution < 1.29 is 19.4 Å². The summed E-state index contributed by atoms with van der Waals surface area (Å²) in [7, 11) is 1.57. The van der Waals surface area contributed by atoms with E-state index in [-0.39, 0.29) is 5.69 Å². The fraction of sp³-hybridized carbons (Fsp3) is 0.158. The average Bonchev–Trinajstić information content (AvgIpc) is 3.11. The maximum absolute atomic E-state index is 11.0. The van der Waals surface area contributed by atoms with Crippen molar-refractivity contribution in [1.82, 2.24) is 4.98 Å². The summed E-state index contributed by atoms with van der Waals surface area (Å²) in [5.41, 5.74) is 3.10. The SMILES string of the molecule is COc1cc(-c2nc(C(=O)O)cs2)ccc1OCc1ccc(C)cc1. The van der Waals surface area contributed by atoms with Crippen molar-refractivity contribution in [3.8, 4) is 22.1 Å². The summed E-state index contributed by atoms with van der Waals surface area (Å²) in [6, 6.07) is 13.6. The van der Waals surface area contributed by atoms with Crippen LogP contribution in [0.25, 0.3) is 10.6 Å². The van der Waals surface area contributed by atoms with E-state index in [9.17, 15) is 4.79 Å². The van der Waals surface area contributed by atoms with E-state index in [1.54, 1.807) is 13.2 Å². The maximum Gasteiger partial charge on any atom is 0.355 e. The molecule has 1 aromatic heterocycles. The zero-order chi connectivity index (χ0) is 17.8. The highest BCUT2D eigenvalue weighted by atomic mass is 32.1. The number of methoxy groups -OCH3 is 1. The second-order valence-electron chi connectivity index (χ2n) is 5.48. The van der Waals surface area contributed by atoms with Crippen LogP contribution in [0.3, 0.4) is 0 Å². The molecule has 1 N–H and O–H groups in total. The zero-order valence-electron chi connectivity index (χ0n) is 13.9. The van der Waals surface area contributed by atoms with Crippen LogP contribution in [0.15, 0.2) is 47.8 Å². The summed E-state index contributed by atoms with van der Waals surface area (Å²) >= 11 is 1.28. The Hall–Kier alpha value is -2.86. The van der Waals surface area contributed by atoms with Crippen molar-refractivity contribution in [2.45, 2.75) is 13.5 Å². The molecular formula is C19H17NO4S. The molecule has 6 heteroatoms. The Bertz CT molecular complexity index is 887. The van der Waals surface area contributed by atoms with Gasteiger partial charge in [-0.1, -0.05) is 29.8 Å². The normalized spacial score (nSPS) is 10.5. The lowest BCUT2D eigenvalue weighted by atomic mass is 10.1. The summed E-state index contributed by atoms with van der Waals surface area (Å²) < 4.78 is 11.3. The number of nitrogens with zero attached hydrogens (tertiary/aromatic N) is 1.